The molecular weight excluding hydrogens is 346 g/mol. The van der Waals surface area contributed by atoms with Crippen molar-refractivity contribution < 1.29 is 4.79 Å². The first kappa shape index (κ1) is 18.7. The third kappa shape index (κ3) is 4.57. The van der Waals surface area contributed by atoms with Gasteiger partial charge in [0, 0.05) is 36.9 Å². The minimum absolute atomic E-state index is 0.0129. The maximum absolute atomic E-state index is 12.6. The molecule has 1 aliphatic heterocycles. The molecule has 0 radical (unpaired) electrons. The van der Waals surface area contributed by atoms with Crippen molar-refractivity contribution in [1.29, 1.82) is 0 Å². The lowest BCUT2D eigenvalue weighted by Gasteiger charge is -2.38. The quantitative estimate of drug-likeness (QED) is 0.869. The van der Waals surface area contributed by atoms with Gasteiger partial charge in [-0.25, -0.2) is 0 Å². The largest absolute Gasteiger partial charge is 0.369 e. The second-order valence-corrected chi connectivity index (χ2v) is 7.26. The molecule has 1 amide bonds. The standard InChI is InChI=1S/C21H26ClN3O/c1-16(18-7-4-3-5-8-18)23-21(26)17(2)24-11-13-25(14-12-24)20-10-6-9-19(22)15-20/h3-10,15-17H,11-14H2,1-2H3,(H,23,26)/t16-,17+/m0/s1. The molecule has 1 N–H and O–H groups in total. The van der Waals surface area contributed by atoms with E-state index in [4.69, 9.17) is 11.6 Å². The van der Waals surface area contributed by atoms with Crippen molar-refractivity contribution in [2.45, 2.75) is 25.9 Å². The van der Waals surface area contributed by atoms with Crippen LogP contribution >= 0.6 is 11.6 Å². The van der Waals surface area contributed by atoms with Crippen LogP contribution < -0.4 is 10.2 Å². The summed E-state index contributed by atoms with van der Waals surface area (Å²) in [7, 11) is 0. The van der Waals surface area contributed by atoms with Crippen LogP contribution in [0.3, 0.4) is 0 Å². The molecule has 2 aromatic carbocycles. The molecule has 5 heteroatoms. The fraction of sp³-hybridized carbons (Fsp3) is 0.381. The third-order valence-electron chi connectivity index (χ3n) is 5.07. The predicted octanol–water partition coefficient (Wildman–Crippen LogP) is 3.73. The van der Waals surface area contributed by atoms with Crippen molar-refractivity contribution in [2.75, 3.05) is 31.1 Å². The zero-order valence-electron chi connectivity index (χ0n) is 15.4. The molecule has 1 saturated heterocycles. The van der Waals surface area contributed by atoms with E-state index >= 15 is 0 Å². The fourth-order valence-corrected chi connectivity index (χ4v) is 3.55. The minimum Gasteiger partial charge on any atom is -0.369 e. The van der Waals surface area contributed by atoms with Gasteiger partial charge in [-0.3, -0.25) is 9.69 Å². The van der Waals surface area contributed by atoms with Gasteiger partial charge in [0.2, 0.25) is 5.91 Å². The van der Waals surface area contributed by atoms with Crippen molar-refractivity contribution >= 4 is 23.2 Å². The van der Waals surface area contributed by atoms with E-state index in [0.29, 0.717) is 0 Å². The number of carbonyl (C=O) groups excluding carboxylic acids is 1. The highest BCUT2D eigenvalue weighted by molar-refractivity contribution is 6.30. The van der Waals surface area contributed by atoms with E-state index in [9.17, 15) is 4.79 Å². The monoisotopic (exact) mass is 371 g/mol. The number of carbonyl (C=O) groups is 1. The number of rotatable bonds is 5. The highest BCUT2D eigenvalue weighted by Gasteiger charge is 2.26. The van der Waals surface area contributed by atoms with Gasteiger partial charge in [0.15, 0.2) is 0 Å². The van der Waals surface area contributed by atoms with Gasteiger partial charge in [0.25, 0.3) is 0 Å². The highest BCUT2D eigenvalue weighted by atomic mass is 35.5. The molecule has 1 fully saturated rings. The summed E-state index contributed by atoms with van der Waals surface area (Å²) < 4.78 is 0. The second kappa shape index (κ2) is 8.56. The predicted molar refractivity (Wildman–Crippen MR) is 108 cm³/mol. The number of benzene rings is 2. The van der Waals surface area contributed by atoms with E-state index in [0.717, 1.165) is 42.5 Å². The number of nitrogens with one attached hydrogen (secondary N) is 1. The van der Waals surface area contributed by atoms with Crippen LogP contribution in [0.4, 0.5) is 5.69 Å². The van der Waals surface area contributed by atoms with Crippen molar-refractivity contribution in [2.24, 2.45) is 0 Å². The maximum Gasteiger partial charge on any atom is 0.237 e. The second-order valence-electron chi connectivity index (χ2n) is 6.82. The maximum atomic E-state index is 12.6. The van der Waals surface area contributed by atoms with Crippen LogP contribution in [0.25, 0.3) is 0 Å². The van der Waals surface area contributed by atoms with Gasteiger partial charge in [-0.15, -0.1) is 0 Å². The highest BCUT2D eigenvalue weighted by Crippen LogP contribution is 2.21. The molecule has 2 atom stereocenters. The van der Waals surface area contributed by atoms with E-state index in [1.807, 2.05) is 62.4 Å². The lowest BCUT2D eigenvalue weighted by Crippen LogP contribution is -2.54. The van der Waals surface area contributed by atoms with Gasteiger partial charge in [-0.2, -0.15) is 0 Å². The van der Waals surface area contributed by atoms with Crippen LogP contribution in [0.1, 0.15) is 25.5 Å². The topological polar surface area (TPSA) is 35.6 Å². The van der Waals surface area contributed by atoms with Gasteiger partial charge < -0.3 is 10.2 Å². The molecule has 26 heavy (non-hydrogen) atoms. The van der Waals surface area contributed by atoms with E-state index < -0.39 is 0 Å². The number of hydrogen-bond donors (Lipinski definition) is 1. The first-order valence-electron chi connectivity index (χ1n) is 9.14. The van der Waals surface area contributed by atoms with Gasteiger partial charge >= 0.3 is 0 Å². The number of nitrogens with zero attached hydrogens (tertiary/aromatic N) is 2. The molecule has 0 bridgehead atoms. The summed E-state index contributed by atoms with van der Waals surface area (Å²) in [6.45, 7) is 7.53. The smallest absolute Gasteiger partial charge is 0.237 e. The summed E-state index contributed by atoms with van der Waals surface area (Å²) in [5, 5.41) is 3.89. The van der Waals surface area contributed by atoms with Crippen molar-refractivity contribution in [3.8, 4) is 0 Å². The number of piperazine rings is 1. The molecule has 138 valence electrons. The van der Waals surface area contributed by atoms with Gasteiger partial charge in [-0.1, -0.05) is 48.0 Å². The molecule has 0 aromatic heterocycles. The Labute approximate surface area is 160 Å². The number of amides is 1. The normalized spacial score (nSPS) is 17.6. The Balaban J connectivity index is 1.53. The van der Waals surface area contributed by atoms with Crippen LogP contribution in [0, 0.1) is 0 Å². The molecule has 1 aliphatic rings. The zero-order valence-corrected chi connectivity index (χ0v) is 16.1. The Kier molecular flexibility index (Phi) is 6.17. The van der Waals surface area contributed by atoms with Gasteiger partial charge in [-0.05, 0) is 37.6 Å². The Morgan fingerprint density at radius 1 is 1.00 bits per heavy atom. The first-order chi connectivity index (χ1) is 12.5. The average molecular weight is 372 g/mol. The molecule has 0 saturated carbocycles. The Bertz CT molecular complexity index is 729. The van der Waals surface area contributed by atoms with Gasteiger partial charge in [0.05, 0.1) is 12.1 Å². The summed E-state index contributed by atoms with van der Waals surface area (Å²) in [5.74, 6) is 0.0811. The molecule has 0 aliphatic carbocycles. The van der Waals surface area contributed by atoms with Crippen molar-refractivity contribution in [3.05, 3.63) is 65.2 Å². The minimum atomic E-state index is -0.136. The lowest BCUT2D eigenvalue weighted by molar-refractivity contribution is -0.126. The van der Waals surface area contributed by atoms with Gasteiger partial charge in [0.1, 0.15) is 0 Å². The molecule has 0 unspecified atom stereocenters. The first-order valence-corrected chi connectivity index (χ1v) is 9.52. The van der Waals surface area contributed by atoms with E-state index in [-0.39, 0.29) is 18.0 Å². The number of halogens is 1. The van der Waals surface area contributed by atoms with Crippen LogP contribution in [0.5, 0.6) is 0 Å². The lowest BCUT2D eigenvalue weighted by atomic mass is 10.1. The van der Waals surface area contributed by atoms with E-state index in [1.165, 1.54) is 0 Å². The molecule has 4 nitrogen and oxygen atoms in total. The van der Waals surface area contributed by atoms with Crippen molar-refractivity contribution in [1.82, 2.24) is 10.2 Å². The molecule has 3 rings (SSSR count). The molecule has 1 heterocycles. The summed E-state index contributed by atoms with van der Waals surface area (Å²) in [5.41, 5.74) is 2.27. The SMILES string of the molecule is C[C@H](NC(=O)[C@@H](C)N1CCN(c2cccc(Cl)c2)CC1)c1ccccc1. The summed E-state index contributed by atoms with van der Waals surface area (Å²) in [6.07, 6.45) is 0. The average Bonchev–Trinajstić information content (AvgIpc) is 2.68. The summed E-state index contributed by atoms with van der Waals surface area (Å²) in [6, 6.07) is 17.9. The van der Waals surface area contributed by atoms with Crippen molar-refractivity contribution in [3.63, 3.8) is 0 Å². The van der Waals surface area contributed by atoms with Crippen LogP contribution in [0.15, 0.2) is 54.6 Å². The Hall–Kier alpha value is -2.04. The van der Waals surface area contributed by atoms with Crippen LogP contribution in [-0.4, -0.2) is 43.0 Å². The molecule has 2 aromatic rings. The summed E-state index contributed by atoms with van der Waals surface area (Å²) in [4.78, 5) is 17.2. The zero-order chi connectivity index (χ0) is 18.5. The Morgan fingerprint density at radius 3 is 2.35 bits per heavy atom. The fourth-order valence-electron chi connectivity index (χ4n) is 3.37. The molecular formula is C21H26ClN3O. The molecule has 0 spiro atoms. The van der Waals surface area contributed by atoms with E-state index in [2.05, 4.69) is 21.2 Å². The third-order valence-corrected chi connectivity index (χ3v) is 5.31. The number of anilines is 1. The van der Waals surface area contributed by atoms with Crippen LogP contribution in [0.2, 0.25) is 5.02 Å². The van der Waals surface area contributed by atoms with E-state index in [1.54, 1.807) is 0 Å². The summed E-state index contributed by atoms with van der Waals surface area (Å²) >= 11 is 6.09. The Morgan fingerprint density at radius 2 is 1.69 bits per heavy atom. The number of hydrogen-bond acceptors (Lipinski definition) is 3. The van der Waals surface area contributed by atoms with Crippen LogP contribution in [-0.2, 0) is 4.79 Å².